The minimum absolute atomic E-state index is 0.0559. The number of hydrogen-bond donors (Lipinski definition) is 3. The number of carboxylic acids is 1. The highest BCUT2D eigenvalue weighted by Gasteiger charge is 2.32. The average molecular weight is 465 g/mol. The summed E-state index contributed by atoms with van der Waals surface area (Å²) in [4.78, 5) is 36.9. The summed E-state index contributed by atoms with van der Waals surface area (Å²) in [5.41, 5.74) is 4.55. The summed E-state index contributed by atoms with van der Waals surface area (Å²) in [6.07, 6.45) is 1.91. The van der Waals surface area contributed by atoms with E-state index in [1.165, 1.54) is 0 Å². The molecule has 4 rings (SSSR count). The van der Waals surface area contributed by atoms with E-state index < -0.39 is 24.0 Å². The van der Waals surface area contributed by atoms with Crippen molar-refractivity contribution in [1.82, 2.24) is 10.6 Å². The van der Waals surface area contributed by atoms with Gasteiger partial charge in [0.15, 0.2) is 0 Å². The molecule has 0 heterocycles. The minimum atomic E-state index is -0.823. The Morgan fingerprint density at radius 1 is 1.00 bits per heavy atom. The Morgan fingerprint density at radius 2 is 1.62 bits per heavy atom. The Hall–Kier alpha value is -3.35. The number of carboxylic acid groups (broad SMARTS) is 1. The van der Waals surface area contributed by atoms with Crippen molar-refractivity contribution >= 4 is 18.0 Å². The van der Waals surface area contributed by atoms with Gasteiger partial charge in [0, 0.05) is 12.0 Å². The molecule has 0 saturated heterocycles. The summed E-state index contributed by atoms with van der Waals surface area (Å²) in [6.45, 7) is 3.89. The summed E-state index contributed by atoms with van der Waals surface area (Å²) in [5, 5.41) is 15.0. The van der Waals surface area contributed by atoms with E-state index in [1.54, 1.807) is 0 Å². The average Bonchev–Trinajstić information content (AvgIpc) is 3.15. The molecule has 34 heavy (non-hydrogen) atoms. The lowest BCUT2D eigenvalue weighted by molar-refractivity contribution is -0.143. The molecule has 3 atom stereocenters. The van der Waals surface area contributed by atoms with E-state index in [0.717, 1.165) is 35.1 Å². The second kappa shape index (κ2) is 10.3. The van der Waals surface area contributed by atoms with E-state index in [0.29, 0.717) is 12.8 Å². The van der Waals surface area contributed by atoms with Gasteiger partial charge in [-0.1, -0.05) is 68.8 Å². The molecule has 7 heteroatoms. The predicted octanol–water partition coefficient (Wildman–Crippen LogP) is 4.31. The molecule has 1 unspecified atom stereocenters. The Morgan fingerprint density at radius 3 is 2.21 bits per heavy atom. The second-order valence-electron chi connectivity index (χ2n) is 9.60. The topological polar surface area (TPSA) is 105 Å². The van der Waals surface area contributed by atoms with Crippen molar-refractivity contribution in [1.29, 1.82) is 0 Å². The molecule has 0 aromatic heterocycles. The summed E-state index contributed by atoms with van der Waals surface area (Å²) >= 11 is 0. The zero-order valence-electron chi connectivity index (χ0n) is 19.6. The largest absolute Gasteiger partial charge is 0.481 e. The van der Waals surface area contributed by atoms with Gasteiger partial charge < -0.3 is 20.5 Å². The van der Waals surface area contributed by atoms with Crippen molar-refractivity contribution in [3.63, 3.8) is 0 Å². The molecule has 2 aromatic carbocycles. The first-order valence-electron chi connectivity index (χ1n) is 12.0. The van der Waals surface area contributed by atoms with Gasteiger partial charge in [0.2, 0.25) is 5.91 Å². The molecule has 2 aliphatic carbocycles. The SMILES string of the molecule is CC(C)C(NC(=O)OCC1c2ccccc2-c2ccccc21)C(=O)N[C@@H]1CCC[C@H](C(=O)O)C1. The summed E-state index contributed by atoms with van der Waals surface area (Å²) in [5.74, 6) is -1.78. The third-order valence-corrected chi connectivity index (χ3v) is 6.94. The number of carbonyl (C=O) groups excluding carboxylic acids is 2. The fourth-order valence-corrected chi connectivity index (χ4v) is 5.14. The summed E-state index contributed by atoms with van der Waals surface area (Å²) in [7, 11) is 0. The molecule has 0 aliphatic heterocycles. The van der Waals surface area contributed by atoms with Gasteiger partial charge in [0.25, 0.3) is 0 Å². The Balaban J connectivity index is 1.36. The number of aliphatic carboxylic acids is 1. The second-order valence-corrected chi connectivity index (χ2v) is 9.60. The molecule has 180 valence electrons. The summed E-state index contributed by atoms with van der Waals surface area (Å²) < 4.78 is 5.60. The predicted molar refractivity (Wildman–Crippen MR) is 128 cm³/mol. The lowest BCUT2D eigenvalue weighted by atomic mass is 9.85. The fourth-order valence-electron chi connectivity index (χ4n) is 5.14. The Labute approximate surface area is 199 Å². The van der Waals surface area contributed by atoms with Crippen LogP contribution in [0, 0.1) is 11.8 Å². The molecule has 2 aromatic rings. The van der Waals surface area contributed by atoms with Gasteiger partial charge in [-0.25, -0.2) is 4.79 Å². The molecular formula is C27H32N2O5. The molecule has 0 radical (unpaired) electrons. The highest BCUT2D eigenvalue weighted by molar-refractivity contribution is 5.86. The third kappa shape index (κ3) is 5.08. The van der Waals surface area contributed by atoms with Crippen LogP contribution in [-0.2, 0) is 14.3 Å². The van der Waals surface area contributed by atoms with Crippen LogP contribution in [0.2, 0.25) is 0 Å². The van der Waals surface area contributed by atoms with E-state index in [-0.39, 0.29) is 30.4 Å². The van der Waals surface area contributed by atoms with Gasteiger partial charge in [-0.2, -0.15) is 0 Å². The number of fused-ring (bicyclic) bond motifs is 3. The Kier molecular flexibility index (Phi) is 7.20. The normalized spacial score (nSPS) is 20.2. The van der Waals surface area contributed by atoms with Crippen molar-refractivity contribution < 1.29 is 24.2 Å². The molecule has 2 amide bonds. The molecule has 3 N–H and O–H groups in total. The van der Waals surface area contributed by atoms with Gasteiger partial charge in [-0.05, 0) is 47.4 Å². The molecule has 1 fully saturated rings. The first kappa shape index (κ1) is 23.8. The van der Waals surface area contributed by atoms with Crippen LogP contribution >= 0.6 is 0 Å². The Bertz CT molecular complexity index is 1020. The monoisotopic (exact) mass is 464 g/mol. The van der Waals surface area contributed by atoms with E-state index in [4.69, 9.17) is 4.74 Å². The first-order chi connectivity index (χ1) is 16.3. The van der Waals surface area contributed by atoms with Crippen molar-refractivity contribution in [2.75, 3.05) is 6.61 Å². The van der Waals surface area contributed by atoms with E-state index in [2.05, 4.69) is 34.9 Å². The maximum Gasteiger partial charge on any atom is 0.407 e. The van der Waals surface area contributed by atoms with Crippen LogP contribution < -0.4 is 10.6 Å². The quantitative estimate of drug-likeness (QED) is 0.566. The van der Waals surface area contributed by atoms with Crippen LogP contribution in [0.15, 0.2) is 48.5 Å². The van der Waals surface area contributed by atoms with Gasteiger partial charge in [0.05, 0.1) is 5.92 Å². The molecule has 7 nitrogen and oxygen atoms in total. The number of nitrogens with one attached hydrogen (secondary N) is 2. The van der Waals surface area contributed by atoms with E-state index in [1.807, 2.05) is 38.1 Å². The first-order valence-corrected chi connectivity index (χ1v) is 12.0. The van der Waals surface area contributed by atoms with Crippen molar-refractivity contribution in [2.24, 2.45) is 11.8 Å². The number of ether oxygens (including phenoxy) is 1. The molecule has 0 spiro atoms. The van der Waals surface area contributed by atoms with Gasteiger partial charge >= 0.3 is 12.1 Å². The molecule has 0 bridgehead atoms. The highest BCUT2D eigenvalue weighted by Crippen LogP contribution is 2.44. The molecular weight excluding hydrogens is 432 g/mol. The van der Waals surface area contributed by atoms with Crippen LogP contribution in [0.1, 0.15) is 56.6 Å². The number of hydrogen-bond acceptors (Lipinski definition) is 4. The smallest absolute Gasteiger partial charge is 0.407 e. The maximum atomic E-state index is 12.9. The van der Waals surface area contributed by atoms with Gasteiger partial charge in [-0.15, -0.1) is 0 Å². The third-order valence-electron chi connectivity index (χ3n) is 6.94. The number of rotatable bonds is 7. The maximum absolute atomic E-state index is 12.9. The van der Waals surface area contributed by atoms with Crippen molar-refractivity contribution in [3.05, 3.63) is 59.7 Å². The van der Waals surface area contributed by atoms with Gasteiger partial charge in [0.1, 0.15) is 12.6 Å². The van der Waals surface area contributed by atoms with Crippen LogP contribution in [0.3, 0.4) is 0 Å². The number of amides is 2. The fraction of sp³-hybridized carbons (Fsp3) is 0.444. The zero-order chi connectivity index (χ0) is 24.2. The minimum Gasteiger partial charge on any atom is -0.481 e. The van der Waals surface area contributed by atoms with Crippen molar-refractivity contribution in [2.45, 2.75) is 57.5 Å². The van der Waals surface area contributed by atoms with E-state index in [9.17, 15) is 19.5 Å². The summed E-state index contributed by atoms with van der Waals surface area (Å²) in [6, 6.07) is 15.3. The lowest BCUT2D eigenvalue weighted by Gasteiger charge is -2.30. The lowest BCUT2D eigenvalue weighted by Crippen LogP contribution is -2.53. The van der Waals surface area contributed by atoms with Crippen LogP contribution in [0.4, 0.5) is 4.79 Å². The zero-order valence-corrected chi connectivity index (χ0v) is 19.6. The van der Waals surface area contributed by atoms with E-state index >= 15 is 0 Å². The van der Waals surface area contributed by atoms with Gasteiger partial charge in [-0.3, -0.25) is 9.59 Å². The number of benzene rings is 2. The molecule has 2 aliphatic rings. The number of alkyl carbamates (subject to hydrolysis) is 1. The van der Waals surface area contributed by atoms with Crippen LogP contribution in [0.5, 0.6) is 0 Å². The highest BCUT2D eigenvalue weighted by atomic mass is 16.5. The van der Waals surface area contributed by atoms with Crippen molar-refractivity contribution in [3.8, 4) is 11.1 Å². The standard InChI is InChI=1S/C27H32N2O5/c1-16(2)24(25(30)28-18-9-7-8-17(14-18)26(31)32)29-27(33)34-15-23-21-12-5-3-10-19(21)20-11-4-6-13-22(20)23/h3-6,10-13,16-18,23-24H,7-9,14-15H2,1-2H3,(H,28,30)(H,29,33)(H,31,32)/t17-,18+,24?/m0/s1. The van der Waals surface area contributed by atoms with Crippen LogP contribution in [0.25, 0.3) is 11.1 Å². The molecule has 1 saturated carbocycles. The van der Waals surface area contributed by atoms with Crippen LogP contribution in [-0.4, -0.2) is 41.8 Å². The number of carbonyl (C=O) groups is 3.